The minimum absolute atomic E-state index is 0.0438. The van der Waals surface area contributed by atoms with Crippen LogP contribution >= 0.6 is 11.6 Å². The number of urea groups is 1. The van der Waals surface area contributed by atoms with Gasteiger partial charge in [0.1, 0.15) is 12.3 Å². The summed E-state index contributed by atoms with van der Waals surface area (Å²) < 4.78 is 71.8. The van der Waals surface area contributed by atoms with Crippen molar-refractivity contribution in [1.82, 2.24) is 10.2 Å². The molecule has 3 rings (SSSR count). The Morgan fingerprint density at radius 3 is 2.52 bits per heavy atom. The Morgan fingerprint density at radius 2 is 1.91 bits per heavy atom. The molecule has 3 amide bonds. The lowest BCUT2D eigenvalue weighted by Crippen LogP contribution is -2.30. The van der Waals surface area contributed by atoms with Gasteiger partial charge in [-0.05, 0) is 49.3 Å². The zero-order chi connectivity index (χ0) is 24.2. The van der Waals surface area contributed by atoms with Gasteiger partial charge in [0.05, 0.1) is 29.1 Å². The van der Waals surface area contributed by atoms with Crippen molar-refractivity contribution in [1.29, 1.82) is 0 Å². The predicted molar refractivity (Wildman–Crippen MR) is 116 cm³/mol. The minimum Gasteiger partial charge on any atom is -0.492 e. The molecule has 33 heavy (non-hydrogen) atoms. The van der Waals surface area contributed by atoms with Gasteiger partial charge in [-0.15, -0.1) is 0 Å². The maximum Gasteiger partial charge on any atom is 0.396 e. The third-order valence-electron chi connectivity index (χ3n) is 5.60. The van der Waals surface area contributed by atoms with Crippen molar-refractivity contribution < 1.29 is 35.9 Å². The van der Waals surface area contributed by atoms with Gasteiger partial charge in [0.2, 0.25) is 5.91 Å². The molecule has 2 aliphatic rings. The first-order chi connectivity index (χ1) is 15.4. The molecule has 1 aromatic carbocycles. The number of hydrogen-bond donors (Lipinski definition) is 1. The number of alkyl halides is 3. The Labute approximate surface area is 195 Å². The fourth-order valence-corrected chi connectivity index (χ4v) is 5.39. The highest BCUT2D eigenvalue weighted by Gasteiger charge is 2.43. The summed E-state index contributed by atoms with van der Waals surface area (Å²) in [5, 5.41) is 2.31. The molecular weight excluding hydrogens is 485 g/mol. The van der Waals surface area contributed by atoms with Gasteiger partial charge in [0, 0.05) is 6.54 Å². The Bertz CT molecular complexity index is 983. The first-order valence-corrected chi connectivity index (χ1v) is 12.9. The van der Waals surface area contributed by atoms with Crippen LogP contribution in [0.5, 0.6) is 5.75 Å². The quantitative estimate of drug-likeness (QED) is 0.340. The molecule has 1 heterocycles. The van der Waals surface area contributed by atoms with Crippen LogP contribution in [0.3, 0.4) is 0 Å². The molecule has 0 aromatic heterocycles. The van der Waals surface area contributed by atoms with E-state index in [1.165, 1.54) is 23.1 Å². The van der Waals surface area contributed by atoms with E-state index in [0.29, 0.717) is 25.4 Å². The number of benzene rings is 1. The van der Waals surface area contributed by atoms with E-state index >= 15 is 0 Å². The zero-order valence-electron chi connectivity index (χ0n) is 17.9. The van der Waals surface area contributed by atoms with Gasteiger partial charge < -0.3 is 9.64 Å². The lowest BCUT2D eigenvalue weighted by Gasteiger charge is -2.22. The van der Waals surface area contributed by atoms with Crippen LogP contribution in [0.1, 0.15) is 43.6 Å². The Hall–Kier alpha value is -2.01. The Balaban J connectivity index is 1.56. The molecule has 1 N–H and O–H groups in total. The average molecular weight is 511 g/mol. The number of carbonyl (C=O) groups excluding carboxylic acids is 2. The molecule has 1 aromatic rings. The maximum atomic E-state index is 13.8. The molecule has 1 aliphatic carbocycles. The second kappa shape index (κ2) is 10.5. The van der Waals surface area contributed by atoms with E-state index in [4.69, 9.17) is 16.3 Å². The van der Waals surface area contributed by atoms with Crippen LogP contribution in [0.25, 0.3) is 0 Å². The van der Waals surface area contributed by atoms with Crippen molar-refractivity contribution in [3.8, 4) is 5.75 Å². The molecular formula is C21H26ClF3N2O5S. The second-order valence-corrected chi connectivity index (χ2v) is 11.1. The summed E-state index contributed by atoms with van der Waals surface area (Å²) in [4.78, 5) is 23.9. The van der Waals surface area contributed by atoms with Crippen LogP contribution in [-0.4, -0.2) is 62.6 Å². The second-order valence-electron chi connectivity index (χ2n) is 8.49. The van der Waals surface area contributed by atoms with Crippen molar-refractivity contribution in [2.75, 3.05) is 31.2 Å². The van der Waals surface area contributed by atoms with E-state index in [-0.39, 0.29) is 35.8 Å². The number of rotatable bonds is 12. The van der Waals surface area contributed by atoms with Crippen molar-refractivity contribution >= 4 is 33.4 Å². The third kappa shape index (κ3) is 7.77. The largest absolute Gasteiger partial charge is 0.492 e. The van der Waals surface area contributed by atoms with Crippen molar-refractivity contribution in [3.63, 3.8) is 0 Å². The van der Waals surface area contributed by atoms with E-state index in [0.717, 1.165) is 12.8 Å². The lowest BCUT2D eigenvalue weighted by atomic mass is 10.0. The number of nitrogens with one attached hydrogen (secondary N) is 1. The predicted octanol–water partition coefficient (Wildman–Crippen LogP) is 3.91. The number of unbranched alkanes of at least 4 members (excludes halogenated alkanes) is 2. The topological polar surface area (TPSA) is 92.8 Å². The highest BCUT2D eigenvalue weighted by atomic mass is 35.5. The molecule has 12 heteroatoms. The molecule has 0 bridgehead atoms. The van der Waals surface area contributed by atoms with Crippen LogP contribution in [0.4, 0.5) is 18.0 Å². The summed E-state index contributed by atoms with van der Waals surface area (Å²) in [6, 6.07) is 3.16. The smallest absolute Gasteiger partial charge is 0.396 e. The maximum absolute atomic E-state index is 13.8. The molecule has 1 saturated carbocycles. The van der Waals surface area contributed by atoms with E-state index in [1.54, 1.807) is 0 Å². The van der Waals surface area contributed by atoms with Crippen molar-refractivity contribution in [3.05, 3.63) is 28.8 Å². The van der Waals surface area contributed by atoms with Crippen molar-refractivity contribution in [2.45, 2.75) is 44.2 Å². The van der Waals surface area contributed by atoms with Crippen LogP contribution in [0, 0.1) is 5.92 Å². The number of halogens is 4. The highest BCUT2D eigenvalue weighted by Crippen LogP contribution is 2.39. The van der Waals surface area contributed by atoms with Gasteiger partial charge in [-0.1, -0.05) is 24.1 Å². The molecule has 184 valence electrons. The summed E-state index contributed by atoms with van der Waals surface area (Å²) >= 11 is 6.04. The molecule has 7 nitrogen and oxygen atoms in total. The summed E-state index contributed by atoms with van der Waals surface area (Å²) in [5.74, 6) is -3.56. The summed E-state index contributed by atoms with van der Waals surface area (Å²) in [5.41, 5.74) is -0.203. The number of ether oxygens (including phenoxy) is 1. The van der Waals surface area contributed by atoms with E-state index in [2.05, 4.69) is 5.32 Å². The average Bonchev–Trinajstić information content (AvgIpc) is 3.48. The number of hydrogen-bond acceptors (Lipinski definition) is 5. The van der Waals surface area contributed by atoms with E-state index in [9.17, 15) is 31.2 Å². The molecule has 2 fully saturated rings. The molecule has 0 radical (unpaired) electrons. The van der Waals surface area contributed by atoms with Crippen molar-refractivity contribution in [2.24, 2.45) is 5.92 Å². The summed E-state index contributed by atoms with van der Waals surface area (Å²) in [6.07, 6.45) is -1.75. The molecule has 0 spiro atoms. The summed E-state index contributed by atoms with van der Waals surface area (Å²) in [6.45, 7) is 0.598. The van der Waals surface area contributed by atoms with Crippen LogP contribution in [-0.2, 0) is 14.6 Å². The summed E-state index contributed by atoms with van der Waals surface area (Å²) in [7, 11) is -4.01. The van der Waals surface area contributed by atoms with E-state index < -0.39 is 45.4 Å². The van der Waals surface area contributed by atoms with Gasteiger partial charge in [-0.25, -0.2) is 13.2 Å². The molecule has 1 atom stereocenters. The SMILES string of the molecule is O=C1CN(CCCCCS(=O)(=O)C[C@@H](c2ccc(Cl)c(OCC3CC3)c2)C(F)(F)F)C(=O)N1. The van der Waals surface area contributed by atoms with Gasteiger partial charge in [0.15, 0.2) is 9.84 Å². The monoisotopic (exact) mass is 510 g/mol. The molecule has 1 saturated heterocycles. The van der Waals surface area contributed by atoms with Gasteiger partial charge >= 0.3 is 12.2 Å². The minimum atomic E-state index is -4.76. The van der Waals surface area contributed by atoms with Gasteiger partial charge in [0.25, 0.3) is 0 Å². The van der Waals surface area contributed by atoms with E-state index in [1.807, 2.05) is 0 Å². The molecule has 1 aliphatic heterocycles. The fourth-order valence-electron chi connectivity index (χ4n) is 3.52. The Morgan fingerprint density at radius 1 is 1.18 bits per heavy atom. The normalized spacial score (nSPS) is 17.9. The van der Waals surface area contributed by atoms with Crippen LogP contribution in [0.15, 0.2) is 18.2 Å². The molecule has 0 unspecified atom stereocenters. The first-order valence-electron chi connectivity index (χ1n) is 10.7. The fraction of sp³-hybridized carbons (Fsp3) is 0.619. The van der Waals surface area contributed by atoms with Crippen LogP contribution < -0.4 is 10.1 Å². The number of nitrogens with zero attached hydrogens (tertiary/aromatic N) is 1. The Kier molecular flexibility index (Phi) is 8.15. The number of amides is 3. The lowest BCUT2D eigenvalue weighted by molar-refractivity contribution is -0.145. The van der Waals surface area contributed by atoms with Gasteiger partial charge in [-0.3, -0.25) is 10.1 Å². The standard InChI is InChI=1S/C21H26ClF3N2O5S/c22-17-7-6-15(10-18(17)32-12-14-4-5-14)16(21(23,24)25)13-33(30,31)9-3-1-2-8-27-11-19(28)26-20(27)29/h6-7,10,14,16H,1-5,8-9,11-13H2,(H,26,28,29)/t16-/m0/s1. The third-order valence-corrected chi connectivity index (χ3v) is 7.66. The number of imide groups is 1. The zero-order valence-corrected chi connectivity index (χ0v) is 19.4. The number of carbonyl (C=O) groups is 2. The van der Waals surface area contributed by atoms with Gasteiger partial charge in [-0.2, -0.15) is 13.2 Å². The van der Waals surface area contributed by atoms with Crippen LogP contribution in [0.2, 0.25) is 5.02 Å². The highest BCUT2D eigenvalue weighted by molar-refractivity contribution is 7.91. The number of sulfone groups is 1. The first kappa shape index (κ1) is 25.6.